The van der Waals surface area contributed by atoms with Gasteiger partial charge in [0.25, 0.3) is 5.91 Å². The highest BCUT2D eigenvalue weighted by atomic mass is 16.5. The molecule has 0 saturated heterocycles. The Labute approximate surface area is 126 Å². The Bertz CT molecular complexity index is 648. The van der Waals surface area contributed by atoms with Crippen molar-refractivity contribution < 1.29 is 23.8 Å². The van der Waals surface area contributed by atoms with Crippen molar-refractivity contribution in [3.8, 4) is 5.75 Å². The van der Waals surface area contributed by atoms with E-state index in [2.05, 4.69) is 10.3 Å². The second kappa shape index (κ2) is 7.26. The van der Waals surface area contributed by atoms with Gasteiger partial charge in [-0.15, -0.1) is 0 Å². The maximum atomic E-state index is 11.9. The summed E-state index contributed by atoms with van der Waals surface area (Å²) in [7, 11) is 0. The topological polar surface area (TPSA) is 102 Å². The van der Waals surface area contributed by atoms with Crippen LogP contribution in [0.25, 0.3) is 0 Å². The van der Waals surface area contributed by atoms with Crippen LogP contribution in [0.5, 0.6) is 5.75 Å². The van der Waals surface area contributed by atoms with Crippen molar-refractivity contribution in [1.82, 2.24) is 4.98 Å². The first-order chi connectivity index (χ1) is 10.6. The minimum absolute atomic E-state index is 0.0741. The number of benzene rings is 1. The fourth-order valence-corrected chi connectivity index (χ4v) is 1.76. The van der Waals surface area contributed by atoms with Crippen LogP contribution in [0.2, 0.25) is 0 Å². The van der Waals surface area contributed by atoms with Crippen LogP contribution in [-0.4, -0.2) is 28.6 Å². The van der Waals surface area contributed by atoms with Gasteiger partial charge in [0.15, 0.2) is 6.39 Å². The van der Waals surface area contributed by atoms with Gasteiger partial charge in [-0.3, -0.25) is 9.59 Å². The number of nitrogens with zero attached hydrogens (tertiary/aromatic N) is 1. The molecule has 22 heavy (non-hydrogen) atoms. The molecule has 0 unspecified atom stereocenters. The maximum Gasteiger partial charge on any atom is 0.303 e. The standard InChI is InChI=1S/C15H16N2O5/c1-10-14(22-9-16-10)15(20)17-11-4-6-12(7-5-11)21-8-2-3-13(18)19/h4-7,9H,2-3,8H2,1H3,(H,17,20)(H,18,19). The number of carboxylic acid groups (broad SMARTS) is 1. The number of amides is 1. The molecule has 2 N–H and O–H groups in total. The molecule has 0 spiro atoms. The number of hydrogen-bond acceptors (Lipinski definition) is 5. The lowest BCUT2D eigenvalue weighted by Gasteiger charge is -2.07. The van der Waals surface area contributed by atoms with Gasteiger partial charge in [-0.05, 0) is 37.6 Å². The third kappa shape index (κ3) is 4.34. The summed E-state index contributed by atoms with van der Waals surface area (Å²) in [6.07, 6.45) is 1.74. The summed E-state index contributed by atoms with van der Waals surface area (Å²) >= 11 is 0. The quantitative estimate of drug-likeness (QED) is 0.762. The molecule has 0 atom stereocenters. The van der Waals surface area contributed by atoms with Crippen molar-refractivity contribution >= 4 is 17.6 Å². The molecule has 0 radical (unpaired) electrons. The Kier molecular flexibility index (Phi) is 5.13. The summed E-state index contributed by atoms with van der Waals surface area (Å²) in [6.45, 7) is 2.02. The second-order valence-electron chi connectivity index (χ2n) is 4.59. The number of aromatic nitrogens is 1. The lowest BCUT2D eigenvalue weighted by molar-refractivity contribution is -0.137. The lowest BCUT2D eigenvalue weighted by atomic mass is 10.2. The molecule has 0 aliphatic rings. The summed E-state index contributed by atoms with van der Waals surface area (Å²) < 4.78 is 10.4. The number of hydrogen-bond donors (Lipinski definition) is 2. The predicted octanol–water partition coefficient (Wildman–Crippen LogP) is 2.48. The van der Waals surface area contributed by atoms with Crippen LogP contribution >= 0.6 is 0 Å². The van der Waals surface area contributed by atoms with Crippen LogP contribution < -0.4 is 10.1 Å². The van der Waals surface area contributed by atoms with E-state index >= 15 is 0 Å². The van der Waals surface area contributed by atoms with Gasteiger partial charge in [0.1, 0.15) is 5.75 Å². The van der Waals surface area contributed by atoms with E-state index in [1.807, 2.05) is 0 Å². The summed E-state index contributed by atoms with van der Waals surface area (Å²) in [5, 5.41) is 11.2. The van der Waals surface area contributed by atoms with Crippen molar-refractivity contribution in [2.75, 3.05) is 11.9 Å². The third-order valence-corrected chi connectivity index (χ3v) is 2.87. The molecule has 7 nitrogen and oxygen atoms in total. The monoisotopic (exact) mass is 304 g/mol. The van der Waals surface area contributed by atoms with E-state index in [0.29, 0.717) is 30.2 Å². The highest BCUT2D eigenvalue weighted by Crippen LogP contribution is 2.17. The lowest BCUT2D eigenvalue weighted by Crippen LogP contribution is -2.12. The molecular weight excluding hydrogens is 288 g/mol. The van der Waals surface area contributed by atoms with E-state index in [-0.39, 0.29) is 18.1 Å². The zero-order valence-electron chi connectivity index (χ0n) is 12.0. The number of aliphatic carboxylic acids is 1. The molecule has 0 aliphatic carbocycles. The fraction of sp³-hybridized carbons (Fsp3) is 0.267. The Morgan fingerprint density at radius 1 is 1.32 bits per heavy atom. The van der Waals surface area contributed by atoms with E-state index < -0.39 is 5.97 Å². The zero-order valence-corrected chi connectivity index (χ0v) is 12.0. The third-order valence-electron chi connectivity index (χ3n) is 2.87. The number of rotatable bonds is 7. The van der Waals surface area contributed by atoms with Crippen LogP contribution in [0.4, 0.5) is 5.69 Å². The Morgan fingerprint density at radius 3 is 2.64 bits per heavy atom. The molecule has 1 heterocycles. The molecule has 0 aliphatic heterocycles. The minimum Gasteiger partial charge on any atom is -0.494 e. The number of anilines is 1. The van der Waals surface area contributed by atoms with E-state index in [4.69, 9.17) is 14.3 Å². The van der Waals surface area contributed by atoms with E-state index in [0.717, 1.165) is 0 Å². The molecule has 2 aromatic rings. The van der Waals surface area contributed by atoms with Crippen molar-refractivity contribution in [3.05, 3.63) is 42.1 Å². The minimum atomic E-state index is -0.843. The van der Waals surface area contributed by atoms with Crippen molar-refractivity contribution in [2.24, 2.45) is 0 Å². The molecule has 1 aromatic heterocycles. The van der Waals surface area contributed by atoms with Gasteiger partial charge in [0, 0.05) is 12.1 Å². The number of aryl methyl sites for hydroxylation is 1. The van der Waals surface area contributed by atoms with Crippen molar-refractivity contribution in [1.29, 1.82) is 0 Å². The molecular formula is C15H16N2O5. The first-order valence-corrected chi connectivity index (χ1v) is 6.72. The van der Waals surface area contributed by atoms with Crippen LogP contribution in [0.1, 0.15) is 29.1 Å². The van der Waals surface area contributed by atoms with Gasteiger partial charge >= 0.3 is 5.97 Å². The largest absolute Gasteiger partial charge is 0.494 e. The van der Waals surface area contributed by atoms with E-state index in [9.17, 15) is 9.59 Å². The average Bonchev–Trinajstić information content (AvgIpc) is 2.91. The van der Waals surface area contributed by atoms with E-state index in [1.165, 1.54) is 6.39 Å². The summed E-state index contributed by atoms with van der Waals surface area (Å²) in [6, 6.07) is 6.78. The number of carboxylic acids is 1. The summed E-state index contributed by atoms with van der Waals surface area (Å²) in [5.74, 6) is -0.428. The highest BCUT2D eigenvalue weighted by Gasteiger charge is 2.13. The van der Waals surface area contributed by atoms with Gasteiger partial charge in [-0.1, -0.05) is 0 Å². The van der Waals surface area contributed by atoms with E-state index in [1.54, 1.807) is 31.2 Å². The number of nitrogens with one attached hydrogen (secondary N) is 1. The number of ether oxygens (including phenoxy) is 1. The molecule has 116 valence electrons. The van der Waals surface area contributed by atoms with Gasteiger partial charge < -0.3 is 19.6 Å². The van der Waals surface area contributed by atoms with Gasteiger partial charge in [-0.2, -0.15) is 0 Å². The maximum absolute atomic E-state index is 11.9. The highest BCUT2D eigenvalue weighted by molar-refractivity contribution is 6.02. The van der Waals surface area contributed by atoms with Crippen LogP contribution in [0, 0.1) is 6.92 Å². The molecule has 1 amide bonds. The fourth-order valence-electron chi connectivity index (χ4n) is 1.76. The average molecular weight is 304 g/mol. The number of oxazole rings is 1. The van der Waals surface area contributed by atoms with Crippen LogP contribution in [0.3, 0.4) is 0 Å². The summed E-state index contributed by atoms with van der Waals surface area (Å²) in [5.41, 5.74) is 1.12. The molecule has 1 aromatic carbocycles. The van der Waals surface area contributed by atoms with Gasteiger partial charge in [0.2, 0.25) is 5.76 Å². The van der Waals surface area contributed by atoms with Crippen LogP contribution in [0.15, 0.2) is 35.1 Å². The SMILES string of the molecule is Cc1ncoc1C(=O)Nc1ccc(OCCCC(=O)O)cc1. The number of carbonyl (C=O) groups excluding carboxylic acids is 1. The smallest absolute Gasteiger partial charge is 0.303 e. The Hall–Kier alpha value is -2.83. The molecule has 7 heteroatoms. The summed E-state index contributed by atoms with van der Waals surface area (Å²) in [4.78, 5) is 26.2. The van der Waals surface area contributed by atoms with Gasteiger partial charge in [0.05, 0.1) is 12.3 Å². The Morgan fingerprint density at radius 2 is 2.05 bits per heavy atom. The van der Waals surface area contributed by atoms with Crippen LogP contribution in [-0.2, 0) is 4.79 Å². The first-order valence-electron chi connectivity index (χ1n) is 6.72. The van der Waals surface area contributed by atoms with Gasteiger partial charge in [-0.25, -0.2) is 4.98 Å². The number of carbonyl (C=O) groups is 2. The molecule has 0 fully saturated rings. The molecule has 0 bridgehead atoms. The molecule has 0 saturated carbocycles. The molecule has 2 rings (SSSR count). The van der Waals surface area contributed by atoms with Crippen molar-refractivity contribution in [2.45, 2.75) is 19.8 Å². The normalized spacial score (nSPS) is 10.2. The second-order valence-corrected chi connectivity index (χ2v) is 4.59. The zero-order chi connectivity index (χ0) is 15.9. The van der Waals surface area contributed by atoms with Crippen molar-refractivity contribution in [3.63, 3.8) is 0 Å². The Balaban J connectivity index is 1.85. The predicted molar refractivity (Wildman–Crippen MR) is 78.0 cm³/mol. The first kappa shape index (κ1) is 15.6.